The molecule has 29 heavy (non-hydrogen) atoms. The monoisotopic (exact) mass is 406 g/mol. The van der Waals surface area contributed by atoms with Crippen LogP contribution in [0.5, 0.6) is 0 Å². The number of hydrogen-bond acceptors (Lipinski definition) is 10. The fourth-order valence-electron chi connectivity index (χ4n) is 3.73. The molecule has 0 unspecified atom stereocenters. The van der Waals surface area contributed by atoms with Crippen molar-refractivity contribution in [2.75, 3.05) is 5.43 Å². The van der Waals surface area contributed by atoms with E-state index in [9.17, 15) is 40.0 Å². The van der Waals surface area contributed by atoms with Crippen molar-refractivity contribution in [1.29, 1.82) is 0 Å². The Morgan fingerprint density at radius 1 is 1.14 bits per heavy atom. The molecule has 0 aromatic heterocycles. The summed E-state index contributed by atoms with van der Waals surface area (Å²) in [5, 5.41) is 49.0. The summed E-state index contributed by atoms with van der Waals surface area (Å²) >= 11 is 0. The lowest BCUT2D eigenvalue weighted by Gasteiger charge is -2.43. The number of anilines is 1. The number of rotatable bonds is 7. The second-order valence-electron chi connectivity index (χ2n) is 7.54. The van der Waals surface area contributed by atoms with E-state index >= 15 is 0 Å². The van der Waals surface area contributed by atoms with Gasteiger partial charge in [-0.2, -0.15) is 5.10 Å². The molecular formula is C17H18N4O8-2. The molecule has 1 saturated carbocycles. The smallest absolute Gasteiger partial charge is 0.301 e. The van der Waals surface area contributed by atoms with Gasteiger partial charge in [-0.05, 0) is 24.3 Å². The fourth-order valence-corrected chi connectivity index (χ4v) is 3.73. The van der Waals surface area contributed by atoms with Crippen LogP contribution in [-0.2, 0) is 9.59 Å². The Morgan fingerprint density at radius 3 is 2.21 bits per heavy atom. The number of carbonyl (C=O) groups is 2. The predicted molar refractivity (Wildman–Crippen MR) is 95.4 cm³/mol. The zero-order chi connectivity index (χ0) is 22.1. The molecule has 12 heteroatoms. The Labute approximate surface area is 164 Å². The summed E-state index contributed by atoms with van der Waals surface area (Å²) in [5.41, 5.74) is -2.01. The van der Waals surface area contributed by atoms with Gasteiger partial charge < -0.3 is 19.8 Å². The van der Waals surface area contributed by atoms with Crippen molar-refractivity contribution >= 4 is 34.7 Å². The molecule has 1 aliphatic rings. The number of nitro groups is 2. The van der Waals surface area contributed by atoms with Gasteiger partial charge in [-0.1, -0.05) is 20.8 Å². The summed E-state index contributed by atoms with van der Waals surface area (Å²) in [6.45, 7) is 4.68. The van der Waals surface area contributed by atoms with Crippen LogP contribution < -0.4 is 15.6 Å². The number of nitrogens with one attached hydrogen (secondary N) is 1. The van der Waals surface area contributed by atoms with E-state index < -0.39 is 55.6 Å². The second kappa shape index (κ2) is 7.45. The minimum absolute atomic E-state index is 0.162. The standard InChI is InChI=1S/C17H20N4O8/c1-16(2)10(14(22)23)6-7-17(16,3)13(15(24)25)19-18-11-5-4-9(20(26)27)8-12(11)21(28)29/h4-5,8,10,18H,6-7H2,1-3H3,(H,22,23)(H,24,25)/p-2/t10-,17-/m0/s1. The van der Waals surface area contributed by atoms with Crippen molar-refractivity contribution in [3.63, 3.8) is 0 Å². The zero-order valence-electron chi connectivity index (χ0n) is 15.8. The maximum Gasteiger partial charge on any atom is 0.301 e. The van der Waals surface area contributed by atoms with Crippen molar-refractivity contribution in [2.24, 2.45) is 21.8 Å². The molecule has 1 aromatic rings. The van der Waals surface area contributed by atoms with Crippen LogP contribution in [0.3, 0.4) is 0 Å². The van der Waals surface area contributed by atoms with Gasteiger partial charge in [-0.25, -0.2) is 0 Å². The van der Waals surface area contributed by atoms with E-state index in [0.29, 0.717) is 6.07 Å². The van der Waals surface area contributed by atoms with Gasteiger partial charge in [-0.3, -0.25) is 25.7 Å². The average Bonchev–Trinajstić information content (AvgIpc) is 2.84. The number of nitrogens with zero attached hydrogens (tertiary/aromatic N) is 3. The van der Waals surface area contributed by atoms with Crippen LogP contribution in [0.25, 0.3) is 0 Å². The van der Waals surface area contributed by atoms with Gasteiger partial charge in [0.1, 0.15) is 5.69 Å². The number of carboxylic acid groups (broad SMARTS) is 2. The molecule has 0 heterocycles. The molecule has 0 amide bonds. The second-order valence-corrected chi connectivity index (χ2v) is 7.54. The first-order valence-electron chi connectivity index (χ1n) is 8.52. The molecule has 0 spiro atoms. The Balaban J connectivity index is 2.48. The third kappa shape index (κ3) is 3.73. The predicted octanol–water partition coefficient (Wildman–Crippen LogP) is 0.213. The Kier molecular flexibility index (Phi) is 5.58. The molecule has 0 radical (unpaired) electrons. The summed E-state index contributed by atoms with van der Waals surface area (Å²) in [5.74, 6) is -3.90. The summed E-state index contributed by atoms with van der Waals surface area (Å²) < 4.78 is 0. The van der Waals surface area contributed by atoms with Crippen LogP contribution in [-0.4, -0.2) is 27.5 Å². The molecule has 1 N–H and O–H groups in total. The van der Waals surface area contributed by atoms with E-state index in [2.05, 4.69) is 10.5 Å². The van der Waals surface area contributed by atoms with Gasteiger partial charge in [0.15, 0.2) is 0 Å². The lowest BCUT2D eigenvalue weighted by atomic mass is 9.63. The van der Waals surface area contributed by atoms with Crippen LogP contribution >= 0.6 is 0 Å². The third-order valence-corrected chi connectivity index (χ3v) is 5.90. The van der Waals surface area contributed by atoms with Crippen LogP contribution in [0.15, 0.2) is 23.3 Å². The molecule has 0 bridgehead atoms. The highest BCUT2D eigenvalue weighted by Gasteiger charge is 2.55. The van der Waals surface area contributed by atoms with Crippen molar-refractivity contribution in [3.8, 4) is 0 Å². The lowest BCUT2D eigenvalue weighted by Crippen LogP contribution is -2.51. The maximum absolute atomic E-state index is 11.8. The largest absolute Gasteiger partial charge is 0.550 e. The SMILES string of the molecule is CC1(C)[C@H](C(=O)[O-])CC[C@@]1(C)C(=NNc1ccc([N+](=O)[O-])cc1[N+](=O)[O-])C(=O)[O-]. The molecule has 2 rings (SSSR count). The molecule has 156 valence electrons. The molecule has 12 nitrogen and oxygen atoms in total. The van der Waals surface area contributed by atoms with E-state index in [-0.39, 0.29) is 18.5 Å². The highest BCUT2D eigenvalue weighted by atomic mass is 16.6. The number of aliphatic carboxylic acids is 2. The van der Waals surface area contributed by atoms with Gasteiger partial charge in [0, 0.05) is 23.4 Å². The van der Waals surface area contributed by atoms with Gasteiger partial charge in [0.05, 0.1) is 27.6 Å². The normalized spacial score (nSPS) is 23.4. The van der Waals surface area contributed by atoms with Crippen LogP contribution in [0.1, 0.15) is 33.6 Å². The van der Waals surface area contributed by atoms with Crippen molar-refractivity contribution in [3.05, 3.63) is 38.4 Å². The number of carbonyl (C=O) groups excluding carboxylic acids is 2. The first kappa shape index (κ1) is 21.7. The quantitative estimate of drug-likeness (QED) is 0.374. The van der Waals surface area contributed by atoms with Gasteiger partial charge >= 0.3 is 5.69 Å². The van der Waals surface area contributed by atoms with Crippen LogP contribution in [0, 0.1) is 37.0 Å². The highest BCUT2D eigenvalue weighted by Crippen LogP contribution is 2.56. The number of nitro benzene ring substituents is 2. The van der Waals surface area contributed by atoms with Crippen molar-refractivity contribution in [1.82, 2.24) is 0 Å². The number of hydrogen-bond donors (Lipinski definition) is 1. The number of carboxylic acids is 2. The number of hydrazone groups is 1. The van der Waals surface area contributed by atoms with Crippen molar-refractivity contribution < 1.29 is 29.6 Å². The van der Waals surface area contributed by atoms with E-state index in [1.165, 1.54) is 6.92 Å². The van der Waals surface area contributed by atoms with E-state index in [0.717, 1.165) is 12.1 Å². The minimum Gasteiger partial charge on any atom is -0.550 e. The first-order chi connectivity index (χ1) is 13.3. The fraction of sp³-hybridized carbons (Fsp3) is 0.471. The molecule has 0 aliphatic heterocycles. The number of benzene rings is 1. The third-order valence-electron chi connectivity index (χ3n) is 5.90. The lowest BCUT2D eigenvalue weighted by molar-refractivity contribution is -0.393. The summed E-state index contributed by atoms with van der Waals surface area (Å²) in [4.78, 5) is 43.5. The molecule has 1 aromatic carbocycles. The van der Waals surface area contributed by atoms with Gasteiger partial charge in [-0.15, -0.1) is 0 Å². The summed E-state index contributed by atoms with van der Waals surface area (Å²) in [6, 6.07) is 2.74. The van der Waals surface area contributed by atoms with Crippen molar-refractivity contribution in [2.45, 2.75) is 33.6 Å². The summed E-state index contributed by atoms with van der Waals surface area (Å²) in [7, 11) is 0. The first-order valence-corrected chi connectivity index (χ1v) is 8.52. The van der Waals surface area contributed by atoms with E-state index in [4.69, 9.17) is 0 Å². The maximum atomic E-state index is 11.8. The molecule has 2 atom stereocenters. The van der Waals surface area contributed by atoms with Crippen LogP contribution in [0.4, 0.5) is 17.1 Å². The minimum atomic E-state index is -1.67. The zero-order valence-corrected chi connectivity index (χ0v) is 15.8. The Bertz CT molecular complexity index is 926. The highest BCUT2D eigenvalue weighted by molar-refractivity contribution is 6.37. The molecule has 1 fully saturated rings. The molecule has 1 aliphatic carbocycles. The Morgan fingerprint density at radius 2 is 1.76 bits per heavy atom. The molecular weight excluding hydrogens is 388 g/mol. The molecule has 0 saturated heterocycles. The number of non-ortho nitro benzene ring substituents is 1. The average molecular weight is 406 g/mol. The van der Waals surface area contributed by atoms with Gasteiger partial charge in [0.2, 0.25) is 0 Å². The Hall–Kier alpha value is -3.57. The van der Waals surface area contributed by atoms with Crippen LogP contribution in [0.2, 0.25) is 0 Å². The summed E-state index contributed by atoms with van der Waals surface area (Å²) in [6.07, 6.45) is 0.325. The topological polar surface area (TPSA) is 191 Å². The van der Waals surface area contributed by atoms with E-state index in [1.54, 1.807) is 13.8 Å². The van der Waals surface area contributed by atoms with Gasteiger partial charge in [0.25, 0.3) is 5.69 Å². The van der Waals surface area contributed by atoms with E-state index in [1.807, 2.05) is 0 Å².